The van der Waals surface area contributed by atoms with E-state index in [0.717, 1.165) is 57.2 Å². The minimum Gasteiger partial charge on any atom is -0.381 e. The van der Waals surface area contributed by atoms with Gasteiger partial charge < -0.3 is 10.1 Å². The van der Waals surface area contributed by atoms with Gasteiger partial charge >= 0.3 is 0 Å². The maximum Gasteiger partial charge on any atom is 0.241 e. The van der Waals surface area contributed by atoms with E-state index in [4.69, 9.17) is 4.74 Å². The van der Waals surface area contributed by atoms with Crippen molar-refractivity contribution in [2.24, 2.45) is 5.92 Å². The Morgan fingerprint density at radius 3 is 2.67 bits per heavy atom. The quantitative estimate of drug-likeness (QED) is 0.901. The minimum absolute atomic E-state index is 0.0162. The van der Waals surface area contributed by atoms with Gasteiger partial charge in [-0.2, -0.15) is 0 Å². The van der Waals surface area contributed by atoms with Crippen molar-refractivity contribution < 1.29 is 9.53 Å². The molecule has 2 heterocycles. The smallest absolute Gasteiger partial charge is 0.241 e. The van der Waals surface area contributed by atoms with Crippen LogP contribution in [0.15, 0.2) is 24.3 Å². The molecule has 130 valence electrons. The molecule has 1 amide bonds. The molecule has 1 aliphatic carbocycles. The first-order chi connectivity index (χ1) is 11.8. The van der Waals surface area contributed by atoms with Crippen molar-refractivity contribution in [1.29, 1.82) is 0 Å². The number of carbonyl (C=O) groups excluding carboxylic acids is 1. The summed E-state index contributed by atoms with van der Waals surface area (Å²) in [7, 11) is 0. The summed E-state index contributed by atoms with van der Waals surface area (Å²) in [5, 5.41) is 3.14. The van der Waals surface area contributed by atoms with Crippen LogP contribution in [0.1, 0.15) is 50.0 Å². The van der Waals surface area contributed by atoms with Gasteiger partial charge in [0.1, 0.15) is 0 Å². The molecule has 1 unspecified atom stereocenters. The second-order valence-electron chi connectivity index (χ2n) is 7.62. The fourth-order valence-corrected chi connectivity index (χ4v) is 4.05. The van der Waals surface area contributed by atoms with Gasteiger partial charge in [0.15, 0.2) is 0 Å². The number of amides is 1. The molecule has 0 bridgehead atoms. The highest BCUT2D eigenvalue weighted by Gasteiger charge is 2.31. The SMILES string of the molecule is O=C(Nc1ccc(C2CC2)cc1)[C@H]1CCCCN1CC1CCOC1. The topological polar surface area (TPSA) is 41.6 Å². The molecule has 24 heavy (non-hydrogen) atoms. The summed E-state index contributed by atoms with van der Waals surface area (Å²) in [6, 6.07) is 8.47. The first-order valence-electron chi connectivity index (χ1n) is 9.52. The highest BCUT2D eigenvalue weighted by molar-refractivity contribution is 5.94. The van der Waals surface area contributed by atoms with E-state index < -0.39 is 0 Å². The molecule has 1 aromatic rings. The molecule has 2 saturated heterocycles. The first kappa shape index (κ1) is 16.1. The van der Waals surface area contributed by atoms with E-state index in [9.17, 15) is 4.79 Å². The lowest BCUT2D eigenvalue weighted by molar-refractivity contribution is -0.122. The van der Waals surface area contributed by atoms with Crippen LogP contribution in [-0.4, -0.2) is 43.2 Å². The molecule has 2 atom stereocenters. The summed E-state index contributed by atoms with van der Waals surface area (Å²) < 4.78 is 5.50. The molecule has 0 spiro atoms. The van der Waals surface area contributed by atoms with Gasteiger partial charge in [0.25, 0.3) is 0 Å². The van der Waals surface area contributed by atoms with Gasteiger partial charge in [-0.25, -0.2) is 0 Å². The van der Waals surface area contributed by atoms with Gasteiger partial charge in [0.2, 0.25) is 5.91 Å². The zero-order valence-corrected chi connectivity index (χ0v) is 14.4. The first-order valence-corrected chi connectivity index (χ1v) is 9.52. The summed E-state index contributed by atoms with van der Waals surface area (Å²) >= 11 is 0. The number of hydrogen-bond donors (Lipinski definition) is 1. The van der Waals surface area contributed by atoms with E-state index in [1.807, 2.05) is 0 Å². The molecule has 1 aromatic carbocycles. The highest BCUT2D eigenvalue weighted by atomic mass is 16.5. The predicted molar refractivity (Wildman–Crippen MR) is 95.2 cm³/mol. The number of benzene rings is 1. The molecule has 2 aliphatic heterocycles. The Kier molecular flexibility index (Phi) is 4.86. The molecule has 3 fully saturated rings. The van der Waals surface area contributed by atoms with Gasteiger partial charge in [0.05, 0.1) is 12.6 Å². The van der Waals surface area contributed by atoms with Crippen LogP contribution in [-0.2, 0) is 9.53 Å². The zero-order valence-electron chi connectivity index (χ0n) is 14.4. The monoisotopic (exact) mass is 328 g/mol. The van der Waals surface area contributed by atoms with Gasteiger partial charge in [-0.1, -0.05) is 18.6 Å². The summed E-state index contributed by atoms with van der Waals surface area (Å²) in [6.45, 7) is 3.77. The lowest BCUT2D eigenvalue weighted by Crippen LogP contribution is -2.48. The third-order valence-corrected chi connectivity index (χ3v) is 5.66. The Hall–Kier alpha value is -1.39. The summed E-state index contributed by atoms with van der Waals surface area (Å²) in [6.07, 6.45) is 7.08. The Balaban J connectivity index is 1.37. The van der Waals surface area contributed by atoms with Crippen molar-refractivity contribution in [1.82, 2.24) is 4.90 Å². The van der Waals surface area contributed by atoms with Crippen LogP contribution in [0.2, 0.25) is 0 Å². The molecule has 0 radical (unpaired) electrons. The van der Waals surface area contributed by atoms with Gasteiger partial charge in [-0.15, -0.1) is 0 Å². The molecular weight excluding hydrogens is 300 g/mol. The molecule has 1 saturated carbocycles. The minimum atomic E-state index is 0.0162. The Labute approximate surface area is 144 Å². The van der Waals surface area contributed by atoms with Crippen molar-refractivity contribution in [3.05, 3.63) is 29.8 Å². The number of rotatable bonds is 5. The lowest BCUT2D eigenvalue weighted by Gasteiger charge is -2.36. The van der Waals surface area contributed by atoms with Crippen LogP contribution in [0, 0.1) is 5.92 Å². The Morgan fingerprint density at radius 1 is 1.12 bits per heavy atom. The maximum absolute atomic E-state index is 12.8. The van der Waals surface area contributed by atoms with Crippen molar-refractivity contribution >= 4 is 11.6 Å². The van der Waals surface area contributed by atoms with E-state index in [1.165, 1.54) is 24.8 Å². The lowest BCUT2D eigenvalue weighted by atomic mass is 9.98. The molecule has 3 aliphatic rings. The van der Waals surface area contributed by atoms with Gasteiger partial charge in [-0.3, -0.25) is 9.69 Å². The van der Waals surface area contributed by atoms with Gasteiger partial charge in [0, 0.05) is 18.8 Å². The van der Waals surface area contributed by atoms with Crippen LogP contribution in [0.25, 0.3) is 0 Å². The molecular formula is C20H28N2O2. The van der Waals surface area contributed by atoms with Crippen LogP contribution in [0.4, 0.5) is 5.69 Å². The number of likely N-dealkylation sites (tertiary alicyclic amines) is 1. The third-order valence-electron chi connectivity index (χ3n) is 5.66. The standard InChI is InChI=1S/C20H28N2O2/c23-20(21-18-8-6-17(7-9-18)16-4-5-16)19-3-1-2-11-22(19)13-15-10-12-24-14-15/h6-9,15-16,19H,1-5,10-14H2,(H,21,23)/t15?,19-/m1/s1. The van der Waals surface area contributed by atoms with E-state index in [0.29, 0.717) is 5.92 Å². The highest BCUT2D eigenvalue weighted by Crippen LogP contribution is 2.40. The van der Waals surface area contributed by atoms with E-state index in [1.54, 1.807) is 0 Å². The van der Waals surface area contributed by atoms with Crippen LogP contribution in [0.5, 0.6) is 0 Å². The van der Waals surface area contributed by atoms with Crippen molar-refractivity contribution in [2.45, 2.75) is 50.5 Å². The molecule has 4 nitrogen and oxygen atoms in total. The van der Waals surface area contributed by atoms with Gasteiger partial charge in [-0.05, 0) is 68.2 Å². The number of nitrogens with zero attached hydrogens (tertiary/aromatic N) is 1. The zero-order chi connectivity index (χ0) is 16.4. The molecule has 1 N–H and O–H groups in total. The number of piperidine rings is 1. The van der Waals surface area contributed by atoms with Crippen molar-refractivity contribution in [2.75, 3.05) is 31.6 Å². The Bertz CT molecular complexity index is 562. The average molecular weight is 328 g/mol. The second-order valence-corrected chi connectivity index (χ2v) is 7.62. The average Bonchev–Trinajstić information content (AvgIpc) is 3.33. The van der Waals surface area contributed by atoms with Crippen molar-refractivity contribution in [3.8, 4) is 0 Å². The predicted octanol–water partition coefficient (Wildman–Crippen LogP) is 3.39. The summed E-state index contributed by atoms with van der Waals surface area (Å²) in [5.74, 6) is 1.52. The fraction of sp³-hybridized carbons (Fsp3) is 0.650. The number of nitrogens with one attached hydrogen (secondary N) is 1. The van der Waals surface area contributed by atoms with Crippen molar-refractivity contribution in [3.63, 3.8) is 0 Å². The number of carbonyl (C=O) groups is 1. The number of hydrogen-bond acceptors (Lipinski definition) is 3. The third kappa shape index (κ3) is 3.81. The van der Waals surface area contributed by atoms with Crippen LogP contribution < -0.4 is 5.32 Å². The van der Waals surface area contributed by atoms with Crippen LogP contribution >= 0.6 is 0 Å². The van der Waals surface area contributed by atoms with Crippen LogP contribution in [0.3, 0.4) is 0 Å². The van der Waals surface area contributed by atoms with E-state index in [-0.39, 0.29) is 11.9 Å². The number of ether oxygens (including phenoxy) is 1. The Morgan fingerprint density at radius 2 is 1.96 bits per heavy atom. The fourth-order valence-electron chi connectivity index (χ4n) is 4.05. The maximum atomic E-state index is 12.8. The molecule has 0 aromatic heterocycles. The molecule has 4 heteroatoms. The number of anilines is 1. The second kappa shape index (κ2) is 7.24. The van der Waals surface area contributed by atoms with E-state index >= 15 is 0 Å². The molecule has 4 rings (SSSR count). The normalized spacial score (nSPS) is 28.0. The summed E-state index contributed by atoms with van der Waals surface area (Å²) in [5.41, 5.74) is 2.34. The largest absolute Gasteiger partial charge is 0.381 e. The summed E-state index contributed by atoms with van der Waals surface area (Å²) in [4.78, 5) is 15.2. The van der Waals surface area contributed by atoms with E-state index in [2.05, 4.69) is 34.5 Å².